The fraction of sp³-hybridized carbons (Fsp3) is 0.263. The molecule has 0 aliphatic carbocycles. The molecule has 0 aromatic heterocycles. The first kappa shape index (κ1) is 19.0. The van der Waals surface area contributed by atoms with Gasteiger partial charge in [0.1, 0.15) is 11.5 Å². The van der Waals surface area contributed by atoms with E-state index in [-0.39, 0.29) is 18.4 Å². The largest absolute Gasteiger partial charge is 0.431 e. The summed E-state index contributed by atoms with van der Waals surface area (Å²) < 4.78 is 52.6. The number of alkyl halides is 3. The van der Waals surface area contributed by atoms with Crippen molar-refractivity contribution in [3.8, 4) is 0 Å². The summed E-state index contributed by atoms with van der Waals surface area (Å²) in [7, 11) is 0. The Hall–Kier alpha value is -2.74. The van der Waals surface area contributed by atoms with E-state index < -0.39 is 35.8 Å². The first-order valence-corrected chi connectivity index (χ1v) is 8.20. The average Bonchev–Trinajstić information content (AvgIpc) is 3.00. The Morgan fingerprint density at radius 1 is 1.11 bits per heavy atom. The van der Waals surface area contributed by atoms with Crippen molar-refractivity contribution in [3.05, 3.63) is 71.5 Å². The molecule has 0 bridgehead atoms. The van der Waals surface area contributed by atoms with Crippen molar-refractivity contribution < 1.29 is 27.5 Å². The molecule has 8 heteroatoms. The molecule has 1 N–H and O–H groups in total. The Morgan fingerprint density at radius 2 is 1.74 bits per heavy atom. The van der Waals surface area contributed by atoms with Gasteiger partial charge in [0.15, 0.2) is 5.72 Å². The third-order valence-corrected chi connectivity index (χ3v) is 4.33. The van der Waals surface area contributed by atoms with Gasteiger partial charge >= 0.3 is 6.18 Å². The highest BCUT2D eigenvalue weighted by Crippen LogP contribution is 2.40. The quantitative estimate of drug-likeness (QED) is 0.822. The van der Waals surface area contributed by atoms with Crippen molar-refractivity contribution in [2.75, 3.05) is 0 Å². The van der Waals surface area contributed by atoms with Gasteiger partial charge in [0.05, 0.1) is 6.42 Å². The highest BCUT2D eigenvalue weighted by atomic mass is 19.4. The van der Waals surface area contributed by atoms with Crippen LogP contribution in [-0.4, -0.2) is 27.9 Å². The van der Waals surface area contributed by atoms with Crippen LogP contribution in [0.1, 0.15) is 24.0 Å². The minimum Gasteiger partial charge on any atom is -0.365 e. The first-order valence-electron chi connectivity index (χ1n) is 8.20. The minimum absolute atomic E-state index is 0.0417. The van der Waals surface area contributed by atoms with E-state index >= 15 is 0 Å². The van der Waals surface area contributed by atoms with Crippen LogP contribution in [0.25, 0.3) is 0 Å². The van der Waals surface area contributed by atoms with Crippen molar-refractivity contribution in [3.63, 3.8) is 0 Å². The summed E-state index contributed by atoms with van der Waals surface area (Å²) in [6.07, 6.45) is -5.56. The number of aryl methyl sites for hydroxylation is 1. The Balaban J connectivity index is 1.88. The van der Waals surface area contributed by atoms with E-state index in [1.165, 1.54) is 0 Å². The normalized spacial score (nSPS) is 19.9. The molecular formula is C19H16F4N2O2. The van der Waals surface area contributed by atoms with E-state index in [4.69, 9.17) is 0 Å². The summed E-state index contributed by atoms with van der Waals surface area (Å²) in [4.78, 5) is 12.6. The Labute approximate surface area is 152 Å². The number of carbonyl (C=O) groups is 1. The molecule has 3 rings (SSSR count). The maximum Gasteiger partial charge on any atom is 0.431 e. The number of benzene rings is 2. The van der Waals surface area contributed by atoms with E-state index in [1.807, 2.05) is 0 Å². The van der Waals surface area contributed by atoms with E-state index in [0.717, 1.165) is 29.8 Å². The summed E-state index contributed by atoms with van der Waals surface area (Å²) in [6, 6.07) is 13.2. The van der Waals surface area contributed by atoms with E-state index in [9.17, 15) is 27.5 Å². The summed E-state index contributed by atoms with van der Waals surface area (Å²) in [6.45, 7) is 0. The second-order valence-electron chi connectivity index (χ2n) is 6.24. The predicted octanol–water partition coefficient (Wildman–Crippen LogP) is 3.75. The zero-order valence-corrected chi connectivity index (χ0v) is 14.1. The van der Waals surface area contributed by atoms with Crippen LogP contribution >= 0.6 is 0 Å². The van der Waals surface area contributed by atoms with Crippen LogP contribution in [0.4, 0.5) is 17.6 Å². The van der Waals surface area contributed by atoms with E-state index in [1.54, 1.807) is 30.3 Å². The van der Waals surface area contributed by atoms with Crippen molar-refractivity contribution in [1.29, 1.82) is 0 Å². The average molecular weight is 380 g/mol. The Morgan fingerprint density at radius 3 is 2.33 bits per heavy atom. The molecule has 1 heterocycles. The maximum atomic E-state index is 13.2. The lowest BCUT2D eigenvalue weighted by molar-refractivity contribution is -0.157. The van der Waals surface area contributed by atoms with Crippen LogP contribution in [0.2, 0.25) is 0 Å². The van der Waals surface area contributed by atoms with Crippen molar-refractivity contribution in [2.24, 2.45) is 5.10 Å². The molecule has 0 spiro atoms. The molecular weight excluding hydrogens is 364 g/mol. The summed E-state index contributed by atoms with van der Waals surface area (Å²) in [5, 5.41) is 14.7. The predicted molar refractivity (Wildman–Crippen MR) is 90.0 cm³/mol. The third kappa shape index (κ3) is 4.00. The minimum atomic E-state index is -4.79. The molecule has 2 aromatic rings. The molecule has 1 aliphatic rings. The molecule has 4 nitrogen and oxygen atoms in total. The molecule has 1 atom stereocenters. The number of amides is 1. The van der Waals surface area contributed by atoms with Crippen molar-refractivity contribution in [2.45, 2.75) is 31.2 Å². The molecule has 0 fully saturated rings. The van der Waals surface area contributed by atoms with Crippen molar-refractivity contribution in [1.82, 2.24) is 5.01 Å². The second kappa shape index (κ2) is 7.11. The van der Waals surface area contributed by atoms with Crippen LogP contribution in [-0.2, 0) is 16.9 Å². The monoisotopic (exact) mass is 380 g/mol. The molecule has 0 saturated carbocycles. The zero-order chi connectivity index (χ0) is 19.7. The standard InChI is InChI=1S/C19H16F4N2O2/c20-15-9-7-14(8-10-15)18(27)12-16(19(21,22)23)24-25(18)17(26)11-6-13-4-2-1-3-5-13/h1-5,7-10,27H,6,11-12H2/t18-/m0/s1. The maximum absolute atomic E-state index is 13.2. The van der Waals surface area contributed by atoms with Gasteiger partial charge in [-0.2, -0.15) is 23.3 Å². The van der Waals surface area contributed by atoms with Gasteiger partial charge in [0, 0.05) is 12.0 Å². The summed E-state index contributed by atoms with van der Waals surface area (Å²) in [5.41, 5.74) is -2.79. The van der Waals surface area contributed by atoms with Gasteiger partial charge in [0.2, 0.25) is 5.91 Å². The molecule has 2 aromatic carbocycles. The fourth-order valence-corrected chi connectivity index (χ4v) is 2.91. The van der Waals surface area contributed by atoms with Gasteiger partial charge in [-0.3, -0.25) is 4.79 Å². The van der Waals surface area contributed by atoms with E-state index in [2.05, 4.69) is 5.10 Å². The number of rotatable bonds is 4. The summed E-state index contributed by atoms with van der Waals surface area (Å²) in [5.74, 6) is -1.37. The molecule has 142 valence electrons. The first-order chi connectivity index (χ1) is 12.7. The summed E-state index contributed by atoms with van der Waals surface area (Å²) >= 11 is 0. The zero-order valence-electron chi connectivity index (χ0n) is 14.1. The highest BCUT2D eigenvalue weighted by Gasteiger charge is 2.52. The number of halogens is 4. The molecule has 27 heavy (non-hydrogen) atoms. The second-order valence-corrected chi connectivity index (χ2v) is 6.24. The molecule has 0 radical (unpaired) electrons. The Bertz CT molecular complexity index is 850. The van der Waals surface area contributed by atoms with Crippen LogP contribution in [0.5, 0.6) is 0 Å². The van der Waals surface area contributed by atoms with Gasteiger partial charge in [-0.05, 0) is 24.1 Å². The van der Waals surface area contributed by atoms with Gasteiger partial charge in [-0.25, -0.2) is 4.39 Å². The van der Waals surface area contributed by atoms with Crippen LogP contribution < -0.4 is 0 Å². The van der Waals surface area contributed by atoms with Crippen LogP contribution in [0.15, 0.2) is 59.7 Å². The third-order valence-electron chi connectivity index (χ3n) is 4.33. The number of nitrogens with zero attached hydrogens (tertiary/aromatic N) is 2. The van der Waals surface area contributed by atoms with Gasteiger partial charge in [-0.1, -0.05) is 42.5 Å². The van der Waals surface area contributed by atoms with Crippen LogP contribution in [0.3, 0.4) is 0 Å². The lowest BCUT2D eigenvalue weighted by Gasteiger charge is -2.31. The highest BCUT2D eigenvalue weighted by molar-refractivity contribution is 5.94. The lowest BCUT2D eigenvalue weighted by atomic mass is 9.96. The van der Waals surface area contributed by atoms with Crippen molar-refractivity contribution >= 4 is 11.6 Å². The van der Waals surface area contributed by atoms with Gasteiger partial charge in [0.25, 0.3) is 0 Å². The smallest absolute Gasteiger partial charge is 0.365 e. The number of hydrogen-bond donors (Lipinski definition) is 1. The van der Waals surface area contributed by atoms with Gasteiger partial charge < -0.3 is 5.11 Å². The topological polar surface area (TPSA) is 52.9 Å². The fourth-order valence-electron chi connectivity index (χ4n) is 2.91. The number of hydrazone groups is 1. The Kier molecular flexibility index (Phi) is 5.01. The van der Waals surface area contributed by atoms with Crippen LogP contribution in [0, 0.1) is 5.82 Å². The lowest BCUT2D eigenvalue weighted by Crippen LogP contribution is -2.43. The molecule has 1 aliphatic heterocycles. The number of carbonyl (C=O) groups excluding carboxylic acids is 1. The van der Waals surface area contributed by atoms with Gasteiger partial charge in [-0.15, -0.1) is 0 Å². The number of aliphatic hydroxyl groups is 1. The molecule has 1 amide bonds. The van der Waals surface area contributed by atoms with E-state index in [0.29, 0.717) is 5.01 Å². The molecule has 0 saturated heterocycles. The number of hydrogen-bond acceptors (Lipinski definition) is 3. The SMILES string of the molecule is O=C(CCc1ccccc1)N1N=C(C(F)(F)F)C[C@]1(O)c1ccc(F)cc1. The molecule has 0 unspecified atom stereocenters.